The van der Waals surface area contributed by atoms with Crippen LogP contribution in [0.4, 0.5) is 0 Å². The van der Waals surface area contributed by atoms with Crippen LogP contribution in [-0.4, -0.2) is 31.6 Å². The second-order valence-electron chi connectivity index (χ2n) is 5.34. The molecule has 24 heavy (non-hydrogen) atoms. The Balaban J connectivity index is 1.51. The maximum Gasteiger partial charge on any atom is 0.223 e. The fourth-order valence-electron chi connectivity index (χ4n) is 2.30. The van der Waals surface area contributed by atoms with Gasteiger partial charge in [0, 0.05) is 12.1 Å². The first-order valence-corrected chi connectivity index (χ1v) is 7.55. The van der Waals surface area contributed by atoms with E-state index in [2.05, 4.69) is 25.9 Å². The van der Waals surface area contributed by atoms with Gasteiger partial charge in [0.15, 0.2) is 0 Å². The number of amides is 1. The first kappa shape index (κ1) is 15.8. The predicted molar refractivity (Wildman–Crippen MR) is 87.5 cm³/mol. The molecule has 1 atom stereocenters. The number of hydrogen-bond acceptors (Lipinski definition) is 5. The number of H-pyrrole nitrogens is 1. The molecule has 3 rings (SSSR count). The van der Waals surface area contributed by atoms with E-state index in [-0.39, 0.29) is 12.3 Å². The van der Waals surface area contributed by atoms with Gasteiger partial charge in [-0.1, -0.05) is 54.6 Å². The topological polar surface area (TPSA) is 104 Å². The highest BCUT2D eigenvalue weighted by molar-refractivity contribution is 5.76. The molecule has 1 unspecified atom stereocenters. The molecule has 0 spiro atoms. The summed E-state index contributed by atoms with van der Waals surface area (Å²) in [6, 6.07) is 16.6. The Morgan fingerprint density at radius 2 is 1.88 bits per heavy atom. The summed E-state index contributed by atoms with van der Waals surface area (Å²) >= 11 is 0. The Kier molecular flexibility index (Phi) is 4.93. The molecular weight excluding hydrogens is 306 g/mol. The summed E-state index contributed by atoms with van der Waals surface area (Å²) in [6.07, 6.45) is -0.767. The number of carbonyl (C=O) groups is 1. The van der Waals surface area contributed by atoms with Crippen LogP contribution < -0.4 is 5.32 Å². The highest BCUT2D eigenvalue weighted by atomic mass is 16.3. The summed E-state index contributed by atoms with van der Waals surface area (Å²) in [7, 11) is 0. The molecule has 0 aliphatic rings. The van der Waals surface area contributed by atoms with Crippen molar-refractivity contribution in [1.82, 2.24) is 25.9 Å². The van der Waals surface area contributed by atoms with E-state index in [0.717, 1.165) is 16.7 Å². The van der Waals surface area contributed by atoms with Crippen LogP contribution in [0.2, 0.25) is 0 Å². The predicted octanol–water partition coefficient (Wildman–Crippen LogP) is 1.61. The Morgan fingerprint density at radius 1 is 1.12 bits per heavy atom. The normalized spacial score (nSPS) is 11.9. The number of aromatic amines is 1. The summed E-state index contributed by atoms with van der Waals surface area (Å²) in [6.45, 7) is 0.396. The summed E-state index contributed by atoms with van der Waals surface area (Å²) < 4.78 is 0. The molecule has 1 amide bonds. The summed E-state index contributed by atoms with van der Waals surface area (Å²) in [5.74, 6) is 0.324. The summed E-state index contributed by atoms with van der Waals surface area (Å²) in [4.78, 5) is 12.0. The second-order valence-corrected chi connectivity index (χ2v) is 5.34. The van der Waals surface area contributed by atoms with E-state index in [4.69, 9.17) is 0 Å². The van der Waals surface area contributed by atoms with Crippen LogP contribution in [0, 0.1) is 0 Å². The van der Waals surface area contributed by atoms with Crippen LogP contribution in [0.3, 0.4) is 0 Å². The molecule has 0 saturated carbocycles. The van der Waals surface area contributed by atoms with E-state index in [9.17, 15) is 9.90 Å². The number of aromatic nitrogens is 4. The van der Waals surface area contributed by atoms with Crippen molar-refractivity contribution >= 4 is 5.91 Å². The van der Waals surface area contributed by atoms with Crippen molar-refractivity contribution in [3.8, 4) is 11.4 Å². The largest absolute Gasteiger partial charge is 0.388 e. The average Bonchev–Trinajstić information content (AvgIpc) is 3.16. The molecule has 122 valence electrons. The Hall–Kier alpha value is -3.06. The zero-order valence-electron chi connectivity index (χ0n) is 12.9. The molecule has 0 radical (unpaired) electrons. The highest BCUT2D eigenvalue weighted by Gasteiger charge is 2.12. The third-order valence-electron chi connectivity index (χ3n) is 3.61. The molecule has 2 aromatic carbocycles. The number of benzene rings is 2. The third-order valence-corrected chi connectivity index (χ3v) is 3.61. The average molecular weight is 323 g/mol. The van der Waals surface area contributed by atoms with E-state index in [1.807, 2.05) is 42.5 Å². The Morgan fingerprint density at radius 3 is 2.54 bits per heavy atom. The molecule has 3 aromatic rings. The molecule has 1 heterocycles. The van der Waals surface area contributed by atoms with Gasteiger partial charge in [0.05, 0.1) is 12.5 Å². The van der Waals surface area contributed by atoms with Gasteiger partial charge in [-0.2, -0.15) is 5.21 Å². The number of aliphatic hydroxyl groups is 1. The number of tetrazole rings is 1. The van der Waals surface area contributed by atoms with Crippen LogP contribution in [0.5, 0.6) is 0 Å². The third kappa shape index (κ3) is 4.02. The maximum absolute atomic E-state index is 12.0. The smallest absolute Gasteiger partial charge is 0.223 e. The van der Waals surface area contributed by atoms with Crippen LogP contribution >= 0.6 is 0 Å². The molecule has 0 aliphatic heterocycles. The lowest BCUT2D eigenvalue weighted by Crippen LogP contribution is -2.24. The lowest BCUT2D eigenvalue weighted by Gasteiger charge is -2.11. The minimum Gasteiger partial charge on any atom is -0.388 e. The molecule has 0 fully saturated rings. The fraction of sp³-hybridized carbons (Fsp3) is 0.176. The van der Waals surface area contributed by atoms with Gasteiger partial charge in [0.25, 0.3) is 0 Å². The highest BCUT2D eigenvalue weighted by Crippen LogP contribution is 2.16. The molecule has 1 aromatic heterocycles. The molecular formula is C17H17N5O2. The Labute approximate surface area is 138 Å². The number of carbonyl (C=O) groups excluding carboxylic acids is 1. The van der Waals surface area contributed by atoms with E-state index in [1.54, 1.807) is 12.1 Å². The van der Waals surface area contributed by atoms with Crippen molar-refractivity contribution < 1.29 is 9.90 Å². The zero-order valence-corrected chi connectivity index (χ0v) is 12.9. The van der Waals surface area contributed by atoms with Crippen molar-refractivity contribution in [1.29, 1.82) is 0 Å². The van der Waals surface area contributed by atoms with E-state index >= 15 is 0 Å². The number of rotatable bonds is 6. The van der Waals surface area contributed by atoms with E-state index in [1.165, 1.54) is 0 Å². The van der Waals surface area contributed by atoms with Crippen molar-refractivity contribution in [3.63, 3.8) is 0 Å². The fourth-order valence-corrected chi connectivity index (χ4v) is 2.30. The van der Waals surface area contributed by atoms with E-state index < -0.39 is 6.10 Å². The van der Waals surface area contributed by atoms with Gasteiger partial charge in [-0.3, -0.25) is 4.79 Å². The van der Waals surface area contributed by atoms with Gasteiger partial charge in [-0.25, -0.2) is 0 Å². The standard InChI is InChI=1S/C17H17N5O2/c23-15(13-4-2-1-3-5-13)10-16(24)18-11-12-6-8-14(9-7-12)17-19-21-22-20-17/h1-9,15,23H,10-11H2,(H,18,24)(H,19,20,21,22). The molecule has 7 heteroatoms. The second kappa shape index (κ2) is 7.47. The lowest BCUT2D eigenvalue weighted by atomic mass is 10.1. The van der Waals surface area contributed by atoms with Crippen molar-refractivity contribution in [2.75, 3.05) is 0 Å². The zero-order chi connectivity index (χ0) is 16.8. The van der Waals surface area contributed by atoms with Crippen LogP contribution in [-0.2, 0) is 11.3 Å². The number of nitrogens with zero attached hydrogens (tertiary/aromatic N) is 3. The maximum atomic E-state index is 12.0. The van der Waals surface area contributed by atoms with Gasteiger partial charge in [0.2, 0.25) is 11.7 Å². The minimum absolute atomic E-state index is 0.0327. The van der Waals surface area contributed by atoms with E-state index in [0.29, 0.717) is 12.4 Å². The molecule has 0 bridgehead atoms. The number of aliphatic hydroxyl groups excluding tert-OH is 1. The summed E-state index contributed by atoms with van der Waals surface area (Å²) in [5, 5.41) is 26.6. The molecule has 3 N–H and O–H groups in total. The first-order chi connectivity index (χ1) is 11.7. The summed E-state index contributed by atoms with van der Waals surface area (Å²) in [5.41, 5.74) is 2.53. The minimum atomic E-state index is -0.799. The number of nitrogens with one attached hydrogen (secondary N) is 2. The Bertz CT molecular complexity index is 773. The van der Waals surface area contributed by atoms with Gasteiger partial charge in [-0.05, 0) is 16.3 Å². The van der Waals surface area contributed by atoms with Crippen LogP contribution in [0.25, 0.3) is 11.4 Å². The van der Waals surface area contributed by atoms with Crippen molar-refractivity contribution in [2.24, 2.45) is 0 Å². The van der Waals surface area contributed by atoms with Crippen molar-refractivity contribution in [2.45, 2.75) is 19.1 Å². The van der Waals surface area contributed by atoms with Gasteiger partial charge in [0.1, 0.15) is 0 Å². The molecule has 0 saturated heterocycles. The lowest BCUT2D eigenvalue weighted by molar-refractivity contribution is -0.123. The van der Waals surface area contributed by atoms with Gasteiger partial charge >= 0.3 is 0 Å². The molecule has 0 aliphatic carbocycles. The van der Waals surface area contributed by atoms with Crippen LogP contribution in [0.15, 0.2) is 54.6 Å². The SMILES string of the molecule is O=C(CC(O)c1ccccc1)NCc1ccc(-c2nn[nH]n2)cc1. The quantitative estimate of drug-likeness (QED) is 0.639. The van der Waals surface area contributed by atoms with Crippen molar-refractivity contribution in [3.05, 3.63) is 65.7 Å². The first-order valence-electron chi connectivity index (χ1n) is 7.55. The van der Waals surface area contributed by atoms with Gasteiger partial charge in [-0.15, -0.1) is 10.2 Å². The van der Waals surface area contributed by atoms with Gasteiger partial charge < -0.3 is 10.4 Å². The molecule has 7 nitrogen and oxygen atoms in total. The monoisotopic (exact) mass is 323 g/mol. The van der Waals surface area contributed by atoms with Crippen LogP contribution in [0.1, 0.15) is 23.7 Å². The number of hydrogen-bond donors (Lipinski definition) is 3.